The van der Waals surface area contributed by atoms with Crippen LogP contribution in [0, 0.1) is 5.82 Å². The standard InChI is InChI=1S/C11H13FN2O2/c12-10-4-1-3-9(7-10)11(16)14-6-2-5-13-8-15/h1,3-4,7-8H,2,5-6H2,(H,13,15)(H,14,16). The van der Waals surface area contributed by atoms with Gasteiger partial charge in [0, 0.05) is 18.7 Å². The molecule has 0 radical (unpaired) electrons. The molecule has 1 rings (SSSR count). The van der Waals surface area contributed by atoms with E-state index in [0.717, 1.165) is 0 Å². The van der Waals surface area contributed by atoms with Crippen LogP contribution in [0.1, 0.15) is 16.8 Å². The van der Waals surface area contributed by atoms with Gasteiger partial charge in [0.15, 0.2) is 0 Å². The third kappa shape index (κ3) is 4.08. The molecule has 4 nitrogen and oxygen atoms in total. The molecule has 0 atom stereocenters. The number of amides is 2. The molecule has 0 aromatic heterocycles. The fraction of sp³-hybridized carbons (Fsp3) is 0.273. The molecule has 2 amide bonds. The maximum absolute atomic E-state index is 12.8. The third-order valence-electron chi connectivity index (χ3n) is 1.95. The van der Waals surface area contributed by atoms with Crippen LogP contribution in [0.25, 0.3) is 0 Å². The van der Waals surface area contributed by atoms with Gasteiger partial charge in [-0.25, -0.2) is 4.39 Å². The molecule has 86 valence electrons. The van der Waals surface area contributed by atoms with Gasteiger partial charge in [-0.05, 0) is 24.6 Å². The van der Waals surface area contributed by atoms with Crippen molar-refractivity contribution in [1.29, 1.82) is 0 Å². The molecule has 0 unspecified atom stereocenters. The zero-order chi connectivity index (χ0) is 11.8. The van der Waals surface area contributed by atoms with Crippen LogP contribution in [0.4, 0.5) is 4.39 Å². The molecular formula is C11H13FN2O2. The lowest BCUT2D eigenvalue weighted by Gasteiger charge is -2.04. The van der Waals surface area contributed by atoms with Gasteiger partial charge in [-0.2, -0.15) is 0 Å². The van der Waals surface area contributed by atoms with Crippen molar-refractivity contribution in [2.45, 2.75) is 6.42 Å². The molecular weight excluding hydrogens is 211 g/mol. The van der Waals surface area contributed by atoms with Crippen molar-refractivity contribution in [2.24, 2.45) is 0 Å². The Morgan fingerprint density at radius 2 is 2.19 bits per heavy atom. The number of halogens is 1. The lowest BCUT2D eigenvalue weighted by Crippen LogP contribution is -2.27. The molecule has 1 aromatic rings. The van der Waals surface area contributed by atoms with Crippen LogP contribution in [-0.4, -0.2) is 25.4 Å². The highest BCUT2D eigenvalue weighted by Crippen LogP contribution is 2.02. The van der Waals surface area contributed by atoms with Crippen molar-refractivity contribution >= 4 is 12.3 Å². The highest BCUT2D eigenvalue weighted by molar-refractivity contribution is 5.94. The second kappa shape index (κ2) is 6.55. The molecule has 5 heteroatoms. The van der Waals surface area contributed by atoms with E-state index >= 15 is 0 Å². The smallest absolute Gasteiger partial charge is 0.251 e. The molecule has 16 heavy (non-hydrogen) atoms. The van der Waals surface area contributed by atoms with Crippen molar-refractivity contribution < 1.29 is 14.0 Å². The summed E-state index contributed by atoms with van der Waals surface area (Å²) in [6.07, 6.45) is 1.24. The minimum Gasteiger partial charge on any atom is -0.359 e. The summed E-state index contributed by atoms with van der Waals surface area (Å²) >= 11 is 0. The Hall–Kier alpha value is -1.91. The van der Waals surface area contributed by atoms with E-state index in [4.69, 9.17) is 0 Å². The van der Waals surface area contributed by atoms with E-state index in [1.165, 1.54) is 18.2 Å². The van der Waals surface area contributed by atoms with Crippen LogP contribution in [0.15, 0.2) is 24.3 Å². The Balaban J connectivity index is 2.32. The number of carbonyl (C=O) groups is 2. The van der Waals surface area contributed by atoms with Gasteiger partial charge in [0.25, 0.3) is 5.91 Å². The zero-order valence-corrected chi connectivity index (χ0v) is 8.70. The van der Waals surface area contributed by atoms with Crippen molar-refractivity contribution in [2.75, 3.05) is 13.1 Å². The molecule has 2 N–H and O–H groups in total. The quantitative estimate of drug-likeness (QED) is 0.551. The Morgan fingerprint density at radius 3 is 2.88 bits per heavy atom. The Bertz CT molecular complexity index is 369. The second-order valence-corrected chi connectivity index (χ2v) is 3.19. The highest BCUT2D eigenvalue weighted by Gasteiger charge is 2.04. The number of nitrogens with one attached hydrogen (secondary N) is 2. The van der Waals surface area contributed by atoms with E-state index in [0.29, 0.717) is 31.5 Å². The number of hydrogen-bond acceptors (Lipinski definition) is 2. The van der Waals surface area contributed by atoms with E-state index < -0.39 is 5.82 Å². The molecule has 0 bridgehead atoms. The van der Waals surface area contributed by atoms with Crippen LogP contribution in [0.2, 0.25) is 0 Å². The van der Waals surface area contributed by atoms with Gasteiger partial charge >= 0.3 is 0 Å². The minimum absolute atomic E-state index is 0.295. The Kier molecular flexibility index (Phi) is 4.98. The van der Waals surface area contributed by atoms with Crippen LogP contribution < -0.4 is 10.6 Å². The van der Waals surface area contributed by atoms with E-state index in [2.05, 4.69) is 10.6 Å². The van der Waals surface area contributed by atoms with Gasteiger partial charge in [0.1, 0.15) is 5.82 Å². The third-order valence-corrected chi connectivity index (χ3v) is 1.95. The summed E-state index contributed by atoms with van der Waals surface area (Å²) in [5.74, 6) is -0.749. The lowest BCUT2D eigenvalue weighted by atomic mass is 10.2. The topological polar surface area (TPSA) is 58.2 Å². The summed E-state index contributed by atoms with van der Waals surface area (Å²) in [5.41, 5.74) is 0.295. The maximum Gasteiger partial charge on any atom is 0.251 e. The first kappa shape index (κ1) is 12.2. The molecule has 0 fully saturated rings. The van der Waals surface area contributed by atoms with Gasteiger partial charge in [0.05, 0.1) is 0 Å². The molecule has 0 saturated heterocycles. The fourth-order valence-corrected chi connectivity index (χ4v) is 1.18. The molecule has 0 saturated carbocycles. The van der Waals surface area contributed by atoms with Gasteiger partial charge in [-0.1, -0.05) is 6.07 Å². The maximum atomic E-state index is 12.8. The van der Waals surface area contributed by atoms with Crippen LogP contribution in [0.3, 0.4) is 0 Å². The summed E-state index contributed by atoms with van der Waals surface area (Å²) in [4.78, 5) is 21.4. The number of hydrogen-bond donors (Lipinski definition) is 2. The number of rotatable bonds is 6. The van der Waals surface area contributed by atoms with E-state index in [1.54, 1.807) is 6.07 Å². The zero-order valence-electron chi connectivity index (χ0n) is 8.70. The number of benzene rings is 1. The van der Waals surface area contributed by atoms with E-state index in [1.807, 2.05) is 0 Å². The lowest BCUT2D eigenvalue weighted by molar-refractivity contribution is -0.109. The van der Waals surface area contributed by atoms with E-state index in [9.17, 15) is 14.0 Å². The molecule has 0 aliphatic carbocycles. The van der Waals surface area contributed by atoms with Crippen LogP contribution in [0.5, 0.6) is 0 Å². The second-order valence-electron chi connectivity index (χ2n) is 3.19. The van der Waals surface area contributed by atoms with Crippen LogP contribution >= 0.6 is 0 Å². The Morgan fingerprint density at radius 1 is 1.38 bits per heavy atom. The average Bonchev–Trinajstić information content (AvgIpc) is 2.28. The van der Waals surface area contributed by atoms with Gasteiger partial charge < -0.3 is 10.6 Å². The van der Waals surface area contributed by atoms with Gasteiger partial charge in [0.2, 0.25) is 6.41 Å². The highest BCUT2D eigenvalue weighted by atomic mass is 19.1. The minimum atomic E-state index is -0.435. The SMILES string of the molecule is O=CNCCCNC(=O)c1cccc(F)c1. The van der Waals surface area contributed by atoms with Gasteiger partial charge in [-0.15, -0.1) is 0 Å². The predicted molar refractivity (Wildman–Crippen MR) is 57.4 cm³/mol. The average molecular weight is 224 g/mol. The van der Waals surface area contributed by atoms with Crippen LogP contribution in [-0.2, 0) is 4.79 Å². The molecule has 0 aliphatic heterocycles. The van der Waals surface area contributed by atoms with Gasteiger partial charge in [-0.3, -0.25) is 9.59 Å². The largest absolute Gasteiger partial charge is 0.359 e. The molecule has 0 aliphatic rings. The van der Waals surface area contributed by atoms with Crippen molar-refractivity contribution in [3.8, 4) is 0 Å². The predicted octanol–water partition coefficient (Wildman–Crippen LogP) is 0.692. The van der Waals surface area contributed by atoms with E-state index in [-0.39, 0.29) is 5.91 Å². The van der Waals surface area contributed by atoms with Crippen molar-refractivity contribution in [1.82, 2.24) is 10.6 Å². The molecule has 0 heterocycles. The summed E-state index contributed by atoms with van der Waals surface area (Å²) in [5, 5.41) is 5.10. The normalized spacial score (nSPS) is 9.56. The molecule has 0 spiro atoms. The van der Waals surface area contributed by atoms with Crippen molar-refractivity contribution in [3.63, 3.8) is 0 Å². The summed E-state index contributed by atoms with van der Waals surface area (Å²) in [7, 11) is 0. The number of carbonyl (C=O) groups excluding carboxylic acids is 2. The fourth-order valence-electron chi connectivity index (χ4n) is 1.18. The first-order valence-corrected chi connectivity index (χ1v) is 4.95. The summed E-state index contributed by atoms with van der Waals surface area (Å²) in [6.45, 7) is 0.948. The summed E-state index contributed by atoms with van der Waals surface area (Å²) < 4.78 is 12.8. The first-order chi connectivity index (χ1) is 7.74. The Labute approximate surface area is 92.8 Å². The summed E-state index contributed by atoms with van der Waals surface area (Å²) in [6, 6.07) is 5.49. The monoisotopic (exact) mass is 224 g/mol. The van der Waals surface area contributed by atoms with Crippen molar-refractivity contribution in [3.05, 3.63) is 35.6 Å². The molecule has 1 aromatic carbocycles. The first-order valence-electron chi connectivity index (χ1n) is 4.95.